The van der Waals surface area contributed by atoms with Crippen LogP contribution in [0, 0.1) is 5.92 Å². The minimum Gasteiger partial charge on any atom is -0.507 e. The van der Waals surface area contributed by atoms with Gasteiger partial charge in [0.05, 0.1) is 20.0 Å². The first kappa shape index (κ1) is 15.3. The van der Waals surface area contributed by atoms with Crippen LogP contribution in [0.3, 0.4) is 0 Å². The normalized spacial score (nSPS) is 29.5. The summed E-state index contributed by atoms with van der Waals surface area (Å²) in [5.74, 6) is -2.17. The summed E-state index contributed by atoms with van der Waals surface area (Å²) < 4.78 is 15.9. The maximum Gasteiger partial charge on any atom is 0.354 e. The van der Waals surface area contributed by atoms with Gasteiger partial charge in [-0.15, -0.1) is 0 Å². The third kappa shape index (κ3) is 2.23. The molecule has 23 heavy (non-hydrogen) atoms. The molecule has 0 amide bonds. The Kier molecular flexibility index (Phi) is 3.50. The number of fused-ring (bicyclic) bond motifs is 1. The van der Waals surface area contributed by atoms with Crippen molar-refractivity contribution in [1.82, 2.24) is 0 Å². The van der Waals surface area contributed by atoms with Gasteiger partial charge in [0.2, 0.25) is 5.60 Å². The highest BCUT2D eigenvalue weighted by atomic mass is 16.6. The second-order valence-electron chi connectivity index (χ2n) is 5.83. The molecule has 0 aromatic heterocycles. The number of rotatable bonds is 2. The third-order valence-electron chi connectivity index (χ3n) is 4.25. The van der Waals surface area contributed by atoms with Crippen LogP contribution < -0.4 is 4.74 Å². The van der Waals surface area contributed by atoms with Crippen LogP contribution in [0.25, 0.3) is 0 Å². The summed E-state index contributed by atoms with van der Waals surface area (Å²) in [6.45, 7) is 1.74. The average Bonchev–Trinajstić information content (AvgIpc) is 2.85. The molecule has 7 nitrogen and oxygen atoms in total. The summed E-state index contributed by atoms with van der Waals surface area (Å²) in [5.41, 5.74) is -1.72. The Hall–Kier alpha value is -2.57. The third-order valence-corrected chi connectivity index (χ3v) is 4.25. The second-order valence-corrected chi connectivity index (χ2v) is 5.83. The van der Waals surface area contributed by atoms with Gasteiger partial charge in [-0.1, -0.05) is 13.0 Å². The molecule has 3 rings (SSSR count). The molecule has 2 aliphatic heterocycles. The van der Waals surface area contributed by atoms with Crippen molar-refractivity contribution >= 4 is 17.7 Å². The lowest BCUT2D eigenvalue weighted by molar-refractivity contribution is -0.177. The van der Waals surface area contributed by atoms with Gasteiger partial charge in [0, 0.05) is 5.92 Å². The smallest absolute Gasteiger partial charge is 0.354 e. The van der Waals surface area contributed by atoms with Crippen LogP contribution in [0.2, 0.25) is 0 Å². The monoisotopic (exact) mass is 320 g/mol. The number of methoxy groups -OCH3 is 1. The molecule has 1 N–H and O–H groups in total. The molecule has 1 fully saturated rings. The first-order chi connectivity index (χ1) is 10.9. The Balaban J connectivity index is 2.10. The maximum absolute atomic E-state index is 12.5. The topological polar surface area (TPSA) is 99.1 Å². The zero-order valence-corrected chi connectivity index (χ0v) is 12.7. The van der Waals surface area contributed by atoms with Crippen molar-refractivity contribution < 1.29 is 33.7 Å². The van der Waals surface area contributed by atoms with E-state index in [1.807, 2.05) is 0 Å². The van der Waals surface area contributed by atoms with E-state index in [0.29, 0.717) is 0 Å². The van der Waals surface area contributed by atoms with Crippen LogP contribution >= 0.6 is 0 Å². The number of ether oxygens (including phenoxy) is 3. The number of carbonyl (C=O) groups is 3. The van der Waals surface area contributed by atoms with E-state index in [4.69, 9.17) is 14.2 Å². The van der Waals surface area contributed by atoms with Gasteiger partial charge in [-0.25, -0.2) is 4.79 Å². The fourth-order valence-electron chi connectivity index (χ4n) is 3.24. The molecule has 1 saturated heterocycles. The van der Waals surface area contributed by atoms with Crippen molar-refractivity contribution in [3.05, 3.63) is 23.8 Å². The molecular weight excluding hydrogens is 304 g/mol. The number of hydrogen-bond acceptors (Lipinski definition) is 7. The molecule has 2 unspecified atom stereocenters. The van der Waals surface area contributed by atoms with Crippen molar-refractivity contribution in [3.8, 4) is 11.5 Å². The Labute approximate surface area is 132 Å². The lowest BCUT2D eigenvalue weighted by Crippen LogP contribution is -2.59. The van der Waals surface area contributed by atoms with Gasteiger partial charge >= 0.3 is 11.9 Å². The van der Waals surface area contributed by atoms with Gasteiger partial charge in [-0.3, -0.25) is 9.59 Å². The van der Waals surface area contributed by atoms with Gasteiger partial charge in [0.1, 0.15) is 17.1 Å². The van der Waals surface area contributed by atoms with Gasteiger partial charge in [0.15, 0.2) is 11.9 Å². The van der Waals surface area contributed by atoms with E-state index in [9.17, 15) is 19.5 Å². The quantitative estimate of drug-likeness (QED) is 0.818. The summed E-state index contributed by atoms with van der Waals surface area (Å²) >= 11 is 0. The number of phenolic OH excluding ortho intramolecular Hbond substituents is 1. The maximum atomic E-state index is 12.5. The molecule has 0 aliphatic carbocycles. The van der Waals surface area contributed by atoms with E-state index in [0.717, 1.165) is 0 Å². The Morgan fingerprint density at radius 2 is 2.13 bits per heavy atom. The number of cyclic esters (lactones) is 1. The number of benzene rings is 1. The highest BCUT2D eigenvalue weighted by Gasteiger charge is 2.60. The van der Waals surface area contributed by atoms with E-state index in [-0.39, 0.29) is 35.8 Å². The summed E-state index contributed by atoms with van der Waals surface area (Å²) in [7, 11) is 1.18. The molecule has 1 aromatic rings. The largest absolute Gasteiger partial charge is 0.507 e. The lowest BCUT2D eigenvalue weighted by Gasteiger charge is -2.39. The van der Waals surface area contributed by atoms with Crippen LogP contribution in [0.15, 0.2) is 18.2 Å². The van der Waals surface area contributed by atoms with Crippen LogP contribution in [-0.2, 0) is 19.1 Å². The van der Waals surface area contributed by atoms with E-state index >= 15 is 0 Å². The number of esters is 2. The van der Waals surface area contributed by atoms with Crippen molar-refractivity contribution in [3.63, 3.8) is 0 Å². The summed E-state index contributed by atoms with van der Waals surface area (Å²) in [6, 6.07) is 4.34. The van der Waals surface area contributed by atoms with Crippen LogP contribution in [0.5, 0.6) is 11.5 Å². The molecule has 0 spiro atoms. The molecule has 7 heteroatoms. The SMILES string of the molecule is COC(=O)C1([C@@H]2OC(=O)CC2C)CC(=O)c2c(O)cccc2O1. The number of Topliss-reactive ketones (excluding diaryl/α,β-unsaturated/α-hetero) is 1. The predicted octanol–water partition coefficient (Wildman–Crippen LogP) is 1.22. The molecular formula is C16H16O7. The zero-order chi connectivity index (χ0) is 16.8. The molecule has 1 aromatic carbocycles. The highest BCUT2D eigenvalue weighted by molar-refractivity contribution is 6.06. The summed E-state index contributed by atoms with van der Waals surface area (Å²) in [5, 5.41) is 9.85. The van der Waals surface area contributed by atoms with Crippen molar-refractivity contribution in [2.75, 3.05) is 7.11 Å². The van der Waals surface area contributed by atoms with Gasteiger partial charge in [0.25, 0.3) is 0 Å². The predicted molar refractivity (Wildman–Crippen MR) is 76.1 cm³/mol. The van der Waals surface area contributed by atoms with Crippen LogP contribution in [0.4, 0.5) is 0 Å². The van der Waals surface area contributed by atoms with Crippen molar-refractivity contribution in [1.29, 1.82) is 0 Å². The second kappa shape index (κ2) is 5.26. The Morgan fingerprint density at radius 1 is 1.39 bits per heavy atom. The number of phenols is 1. The van der Waals surface area contributed by atoms with Crippen molar-refractivity contribution in [2.45, 2.75) is 31.5 Å². The van der Waals surface area contributed by atoms with Crippen molar-refractivity contribution in [2.24, 2.45) is 5.92 Å². The number of hydrogen-bond donors (Lipinski definition) is 1. The van der Waals surface area contributed by atoms with Gasteiger partial charge < -0.3 is 19.3 Å². The molecule has 3 atom stereocenters. The summed E-state index contributed by atoms with van der Waals surface area (Å²) in [4.78, 5) is 36.5. The molecule has 0 radical (unpaired) electrons. The summed E-state index contributed by atoms with van der Waals surface area (Å²) in [6.07, 6.45) is -1.16. The zero-order valence-electron chi connectivity index (χ0n) is 12.7. The van der Waals surface area contributed by atoms with Crippen LogP contribution in [-0.4, -0.2) is 41.6 Å². The fourth-order valence-corrected chi connectivity index (χ4v) is 3.24. The fraction of sp³-hybridized carbons (Fsp3) is 0.438. The number of ketones is 1. The number of carbonyl (C=O) groups excluding carboxylic acids is 3. The molecule has 0 bridgehead atoms. The van der Waals surface area contributed by atoms with Crippen LogP contribution in [0.1, 0.15) is 30.1 Å². The molecule has 2 heterocycles. The lowest BCUT2D eigenvalue weighted by atomic mass is 9.80. The molecule has 0 saturated carbocycles. The number of aromatic hydroxyl groups is 1. The standard InChI is InChI=1S/C16H16O7/c1-8-6-12(19)22-14(8)16(15(20)21-2)7-10(18)13-9(17)4-3-5-11(13)23-16/h3-5,8,14,17H,6-7H2,1-2H3/t8?,14-,16?/m1/s1. The van der Waals surface area contributed by atoms with E-state index in [1.54, 1.807) is 6.92 Å². The van der Waals surface area contributed by atoms with E-state index < -0.39 is 29.4 Å². The van der Waals surface area contributed by atoms with Gasteiger partial charge in [-0.05, 0) is 12.1 Å². The first-order valence-corrected chi connectivity index (χ1v) is 7.21. The van der Waals surface area contributed by atoms with Gasteiger partial charge in [-0.2, -0.15) is 0 Å². The van der Waals surface area contributed by atoms with E-state index in [2.05, 4.69) is 0 Å². The molecule has 122 valence electrons. The highest BCUT2D eigenvalue weighted by Crippen LogP contribution is 2.44. The Bertz CT molecular complexity index is 696. The minimum absolute atomic E-state index is 0.0176. The minimum atomic E-state index is -1.74. The average molecular weight is 320 g/mol. The molecule has 2 aliphatic rings. The first-order valence-electron chi connectivity index (χ1n) is 7.21. The van der Waals surface area contributed by atoms with E-state index in [1.165, 1.54) is 25.3 Å². The Morgan fingerprint density at radius 3 is 2.74 bits per heavy atom.